The molecule has 0 saturated carbocycles. The fraction of sp³-hybridized carbons (Fsp3) is 0.412. The molecule has 2 amide bonds. The molecule has 0 bridgehead atoms. The third-order valence-corrected chi connectivity index (χ3v) is 4.16. The van der Waals surface area contributed by atoms with Crippen molar-refractivity contribution in [2.45, 2.75) is 19.8 Å². The summed E-state index contributed by atoms with van der Waals surface area (Å²) in [4.78, 5) is 18.6. The largest absolute Gasteiger partial charge is 0.396 e. The molecule has 1 fully saturated rings. The van der Waals surface area contributed by atoms with Crippen molar-refractivity contribution in [3.8, 4) is 0 Å². The zero-order valence-corrected chi connectivity index (χ0v) is 12.7. The molecule has 0 radical (unpaired) electrons. The van der Waals surface area contributed by atoms with E-state index < -0.39 is 0 Å². The zero-order chi connectivity index (χ0) is 15.5. The molecular weight excluding hydrogens is 278 g/mol. The molecule has 1 unspecified atom stereocenters. The van der Waals surface area contributed by atoms with Crippen molar-refractivity contribution in [3.05, 3.63) is 36.0 Å². The quantitative estimate of drug-likeness (QED) is 0.896. The van der Waals surface area contributed by atoms with Gasteiger partial charge in [0.05, 0.1) is 11.2 Å². The maximum Gasteiger partial charge on any atom is 0.321 e. The normalized spacial score (nSPS) is 18.5. The van der Waals surface area contributed by atoms with Gasteiger partial charge in [-0.3, -0.25) is 4.98 Å². The molecule has 1 aliphatic heterocycles. The van der Waals surface area contributed by atoms with Crippen molar-refractivity contribution in [2.24, 2.45) is 5.92 Å². The number of amides is 2. The predicted octanol–water partition coefficient (Wildman–Crippen LogP) is 2.78. The highest BCUT2D eigenvalue weighted by Crippen LogP contribution is 2.24. The van der Waals surface area contributed by atoms with E-state index in [0.717, 1.165) is 41.5 Å². The Kier molecular flexibility index (Phi) is 4.24. The highest BCUT2D eigenvalue weighted by atomic mass is 16.3. The third-order valence-electron chi connectivity index (χ3n) is 4.16. The summed E-state index contributed by atoms with van der Waals surface area (Å²) in [7, 11) is 0. The molecule has 3 rings (SSSR count). The molecule has 1 aromatic carbocycles. The minimum atomic E-state index is -0.115. The Morgan fingerprint density at radius 2 is 2.36 bits per heavy atom. The van der Waals surface area contributed by atoms with Crippen LogP contribution in [0.4, 0.5) is 10.5 Å². The van der Waals surface area contributed by atoms with Gasteiger partial charge in [0.2, 0.25) is 0 Å². The molecule has 1 aliphatic rings. The average Bonchev–Trinajstić information content (AvgIpc) is 2.54. The van der Waals surface area contributed by atoms with E-state index in [2.05, 4.69) is 16.4 Å². The Hall–Kier alpha value is -2.14. The summed E-state index contributed by atoms with van der Waals surface area (Å²) >= 11 is 0. The molecule has 5 heteroatoms. The number of aromatic nitrogens is 1. The number of hydrogen-bond acceptors (Lipinski definition) is 3. The predicted molar refractivity (Wildman–Crippen MR) is 86.9 cm³/mol. The number of aliphatic hydroxyl groups excluding tert-OH is 1. The minimum absolute atomic E-state index is 0.115. The van der Waals surface area contributed by atoms with Gasteiger partial charge in [-0.2, -0.15) is 0 Å². The lowest BCUT2D eigenvalue weighted by Crippen LogP contribution is -2.43. The Morgan fingerprint density at radius 3 is 3.18 bits per heavy atom. The smallest absolute Gasteiger partial charge is 0.321 e. The van der Waals surface area contributed by atoms with E-state index in [1.165, 1.54) is 0 Å². The summed E-state index contributed by atoms with van der Waals surface area (Å²) in [5.74, 6) is 0.187. The first-order valence-electron chi connectivity index (χ1n) is 7.69. The van der Waals surface area contributed by atoms with Gasteiger partial charge in [0, 0.05) is 31.3 Å². The van der Waals surface area contributed by atoms with Crippen LogP contribution in [-0.2, 0) is 0 Å². The summed E-state index contributed by atoms with van der Waals surface area (Å²) in [6.45, 7) is 3.49. The van der Waals surface area contributed by atoms with E-state index in [9.17, 15) is 9.90 Å². The second kappa shape index (κ2) is 6.32. The Balaban J connectivity index is 1.82. The van der Waals surface area contributed by atoms with Gasteiger partial charge in [-0.25, -0.2) is 4.79 Å². The molecule has 0 aliphatic carbocycles. The van der Waals surface area contributed by atoms with E-state index in [1.54, 1.807) is 11.1 Å². The number of nitrogens with one attached hydrogen (secondary N) is 1. The number of hydrogen-bond donors (Lipinski definition) is 2. The van der Waals surface area contributed by atoms with Gasteiger partial charge in [-0.15, -0.1) is 0 Å². The fourth-order valence-corrected chi connectivity index (χ4v) is 3.03. The lowest BCUT2D eigenvalue weighted by atomic mass is 9.99. The summed E-state index contributed by atoms with van der Waals surface area (Å²) in [6, 6.07) is 7.77. The molecular formula is C17H21N3O2. The zero-order valence-electron chi connectivity index (χ0n) is 12.7. The maximum atomic E-state index is 12.5. The maximum absolute atomic E-state index is 12.5. The average molecular weight is 299 g/mol. The topological polar surface area (TPSA) is 65.5 Å². The number of likely N-dealkylation sites (tertiary alicyclic amines) is 1. The first-order chi connectivity index (χ1) is 10.7. The number of aryl methyl sites for hydroxylation is 1. The van der Waals surface area contributed by atoms with Crippen molar-refractivity contribution >= 4 is 22.6 Å². The number of nitrogens with zero attached hydrogens (tertiary/aromatic N) is 2. The van der Waals surface area contributed by atoms with Crippen molar-refractivity contribution in [2.75, 3.05) is 25.0 Å². The first-order valence-corrected chi connectivity index (χ1v) is 7.69. The van der Waals surface area contributed by atoms with Gasteiger partial charge in [-0.05, 0) is 49.4 Å². The Labute approximate surface area is 130 Å². The second-order valence-electron chi connectivity index (χ2n) is 5.95. The van der Waals surface area contributed by atoms with Crippen molar-refractivity contribution in [3.63, 3.8) is 0 Å². The minimum Gasteiger partial charge on any atom is -0.396 e. The molecule has 2 N–H and O–H groups in total. The van der Waals surface area contributed by atoms with Crippen LogP contribution >= 0.6 is 0 Å². The van der Waals surface area contributed by atoms with Gasteiger partial charge in [0.25, 0.3) is 0 Å². The van der Waals surface area contributed by atoms with Crippen LogP contribution in [0.5, 0.6) is 0 Å². The van der Waals surface area contributed by atoms with Crippen molar-refractivity contribution in [1.29, 1.82) is 0 Å². The number of benzene rings is 1. The van der Waals surface area contributed by atoms with Crippen molar-refractivity contribution in [1.82, 2.24) is 9.88 Å². The Bertz CT molecular complexity index is 687. The van der Waals surface area contributed by atoms with Gasteiger partial charge >= 0.3 is 6.03 Å². The molecule has 2 heterocycles. The molecule has 5 nitrogen and oxygen atoms in total. The number of aliphatic hydroxyl groups is 1. The summed E-state index contributed by atoms with van der Waals surface area (Å²) in [6.07, 6.45) is 3.65. The Morgan fingerprint density at radius 1 is 1.50 bits per heavy atom. The van der Waals surface area contributed by atoms with E-state index in [0.29, 0.717) is 6.54 Å². The molecule has 116 valence electrons. The standard InChI is InChI=1S/C17H21N3O2/c1-12-8-14-5-2-6-18-16(14)15(9-12)19-17(22)20-7-3-4-13(10-20)11-21/h2,5-6,8-9,13,21H,3-4,7,10-11H2,1H3,(H,19,22). The fourth-order valence-electron chi connectivity index (χ4n) is 3.03. The number of pyridine rings is 1. The van der Waals surface area contributed by atoms with Gasteiger partial charge < -0.3 is 15.3 Å². The van der Waals surface area contributed by atoms with E-state index in [1.807, 2.05) is 25.1 Å². The van der Waals surface area contributed by atoms with Gasteiger partial charge in [0.15, 0.2) is 0 Å². The van der Waals surface area contributed by atoms with Gasteiger partial charge in [-0.1, -0.05) is 6.07 Å². The van der Waals surface area contributed by atoms with Crippen molar-refractivity contribution < 1.29 is 9.90 Å². The van der Waals surface area contributed by atoms with Crippen LogP contribution in [0, 0.1) is 12.8 Å². The number of carbonyl (C=O) groups is 1. The molecule has 0 spiro atoms. The van der Waals surface area contributed by atoms with Crippen LogP contribution in [0.2, 0.25) is 0 Å². The third kappa shape index (κ3) is 3.04. The van der Waals surface area contributed by atoms with E-state index >= 15 is 0 Å². The first kappa shape index (κ1) is 14.8. The van der Waals surface area contributed by atoms with Crippen LogP contribution in [0.15, 0.2) is 30.5 Å². The lowest BCUT2D eigenvalue weighted by Gasteiger charge is -2.31. The molecule has 1 atom stereocenters. The van der Waals surface area contributed by atoms with Crippen LogP contribution in [0.1, 0.15) is 18.4 Å². The van der Waals surface area contributed by atoms with Crippen LogP contribution in [0.25, 0.3) is 10.9 Å². The monoisotopic (exact) mass is 299 g/mol. The van der Waals surface area contributed by atoms with Crippen LogP contribution < -0.4 is 5.32 Å². The summed E-state index contributed by atoms with van der Waals surface area (Å²) < 4.78 is 0. The number of anilines is 1. The highest BCUT2D eigenvalue weighted by molar-refractivity contribution is 6.00. The second-order valence-corrected chi connectivity index (χ2v) is 5.95. The number of piperidine rings is 1. The van der Waals surface area contributed by atoms with E-state index in [-0.39, 0.29) is 18.6 Å². The number of rotatable bonds is 2. The molecule has 22 heavy (non-hydrogen) atoms. The lowest BCUT2D eigenvalue weighted by molar-refractivity contribution is 0.136. The molecule has 1 saturated heterocycles. The van der Waals surface area contributed by atoms with Gasteiger partial charge in [0.1, 0.15) is 0 Å². The highest BCUT2D eigenvalue weighted by Gasteiger charge is 2.23. The van der Waals surface area contributed by atoms with E-state index in [4.69, 9.17) is 0 Å². The number of urea groups is 1. The molecule has 2 aromatic rings. The van der Waals surface area contributed by atoms with Crippen LogP contribution in [0.3, 0.4) is 0 Å². The number of fused-ring (bicyclic) bond motifs is 1. The number of carbonyl (C=O) groups excluding carboxylic acids is 1. The summed E-state index contributed by atoms with van der Waals surface area (Å²) in [5, 5.41) is 13.3. The SMILES string of the molecule is Cc1cc(NC(=O)N2CCCC(CO)C2)c2ncccc2c1. The van der Waals surface area contributed by atoms with Crippen LogP contribution in [-0.4, -0.2) is 40.7 Å². The molecule has 1 aromatic heterocycles. The summed E-state index contributed by atoms with van der Waals surface area (Å²) in [5.41, 5.74) is 2.63.